The second-order valence-corrected chi connectivity index (χ2v) is 6.87. The van der Waals surface area contributed by atoms with Gasteiger partial charge in [-0.05, 0) is 39.1 Å². The Balaban J connectivity index is 1.67. The number of nitrogens with zero attached hydrogens (tertiary/aromatic N) is 4. The highest BCUT2D eigenvalue weighted by molar-refractivity contribution is 5.94. The first-order chi connectivity index (χ1) is 11.6. The normalized spacial score (nSPS) is 22.5. The minimum Gasteiger partial charge on any atom is -0.378 e. The highest BCUT2D eigenvalue weighted by Gasteiger charge is 2.22. The lowest BCUT2D eigenvalue weighted by Gasteiger charge is -2.29. The van der Waals surface area contributed by atoms with Crippen molar-refractivity contribution in [3.05, 3.63) is 23.9 Å². The Hall–Kier alpha value is -1.66. The average Bonchev–Trinajstić information content (AvgIpc) is 2.88. The summed E-state index contributed by atoms with van der Waals surface area (Å²) in [7, 11) is 4.29. The van der Waals surface area contributed by atoms with Crippen LogP contribution in [0.1, 0.15) is 29.6 Å². The van der Waals surface area contributed by atoms with E-state index in [1.165, 1.54) is 19.3 Å². The molecule has 1 unspecified atom stereocenters. The van der Waals surface area contributed by atoms with Crippen LogP contribution in [-0.4, -0.2) is 80.2 Å². The summed E-state index contributed by atoms with van der Waals surface area (Å²) in [5, 5.41) is 0. The number of hydrogen-bond donors (Lipinski definition) is 0. The van der Waals surface area contributed by atoms with E-state index >= 15 is 0 Å². The van der Waals surface area contributed by atoms with Crippen molar-refractivity contribution in [3.63, 3.8) is 0 Å². The van der Waals surface area contributed by atoms with Gasteiger partial charge in [-0.2, -0.15) is 0 Å². The standard InChI is InChI=1S/C18H28N4O2/c1-20(2)16-5-3-4-8-22(14-16)17-7-6-15(13-19-17)18(23)21-9-11-24-12-10-21/h6-7,13,16H,3-5,8-12,14H2,1-2H3. The van der Waals surface area contributed by atoms with E-state index in [4.69, 9.17) is 4.74 Å². The van der Waals surface area contributed by atoms with Gasteiger partial charge in [0.15, 0.2) is 0 Å². The Bertz CT molecular complexity index is 540. The summed E-state index contributed by atoms with van der Waals surface area (Å²) >= 11 is 0. The molecule has 6 nitrogen and oxygen atoms in total. The van der Waals surface area contributed by atoms with Crippen LogP contribution in [0.15, 0.2) is 18.3 Å². The lowest BCUT2D eigenvalue weighted by Crippen LogP contribution is -2.41. The maximum atomic E-state index is 12.5. The predicted octanol–water partition coefficient (Wildman–Crippen LogP) is 1.47. The number of rotatable bonds is 3. The highest BCUT2D eigenvalue weighted by Crippen LogP contribution is 2.20. The van der Waals surface area contributed by atoms with Crippen molar-refractivity contribution in [3.8, 4) is 0 Å². The summed E-state index contributed by atoms with van der Waals surface area (Å²) in [6.07, 6.45) is 5.41. The summed E-state index contributed by atoms with van der Waals surface area (Å²) in [6.45, 7) is 4.60. The van der Waals surface area contributed by atoms with Gasteiger partial charge in [0.25, 0.3) is 5.91 Å². The summed E-state index contributed by atoms with van der Waals surface area (Å²) in [5.74, 6) is 1.03. The van der Waals surface area contributed by atoms with E-state index in [0.717, 1.165) is 18.9 Å². The molecule has 3 rings (SSSR count). The van der Waals surface area contributed by atoms with Crippen LogP contribution < -0.4 is 4.90 Å². The molecule has 3 heterocycles. The summed E-state index contributed by atoms with van der Waals surface area (Å²) < 4.78 is 5.31. The molecule has 0 aromatic carbocycles. The molecule has 2 saturated heterocycles. The monoisotopic (exact) mass is 332 g/mol. The molecule has 0 radical (unpaired) electrons. The third-order valence-electron chi connectivity index (χ3n) is 4.99. The lowest BCUT2D eigenvalue weighted by atomic mass is 10.1. The first-order valence-corrected chi connectivity index (χ1v) is 8.89. The van der Waals surface area contributed by atoms with Gasteiger partial charge in [0.1, 0.15) is 5.82 Å². The van der Waals surface area contributed by atoms with Gasteiger partial charge in [-0.15, -0.1) is 0 Å². The van der Waals surface area contributed by atoms with Crippen molar-refractivity contribution >= 4 is 11.7 Å². The molecular formula is C18H28N4O2. The number of carbonyl (C=O) groups excluding carboxylic acids is 1. The molecule has 1 aromatic rings. The van der Waals surface area contributed by atoms with Crippen molar-refractivity contribution in [2.24, 2.45) is 0 Å². The Labute approximate surface area is 144 Å². The minimum atomic E-state index is 0.0550. The third kappa shape index (κ3) is 4.05. The summed E-state index contributed by atoms with van der Waals surface area (Å²) in [5.41, 5.74) is 0.666. The van der Waals surface area contributed by atoms with Crippen molar-refractivity contribution in [1.82, 2.24) is 14.8 Å². The second-order valence-electron chi connectivity index (χ2n) is 6.87. The van der Waals surface area contributed by atoms with Crippen LogP contribution in [0.4, 0.5) is 5.82 Å². The number of amides is 1. The number of carbonyl (C=O) groups is 1. The van der Waals surface area contributed by atoms with Gasteiger partial charge in [-0.1, -0.05) is 6.42 Å². The van der Waals surface area contributed by atoms with E-state index in [9.17, 15) is 4.79 Å². The number of likely N-dealkylation sites (N-methyl/N-ethyl adjacent to an activating group) is 1. The van der Waals surface area contributed by atoms with Crippen LogP contribution in [0, 0.1) is 0 Å². The van der Waals surface area contributed by atoms with Crippen molar-refractivity contribution in [1.29, 1.82) is 0 Å². The van der Waals surface area contributed by atoms with E-state index in [1.807, 2.05) is 17.0 Å². The summed E-state index contributed by atoms with van der Waals surface area (Å²) in [6, 6.07) is 4.46. The highest BCUT2D eigenvalue weighted by atomic mass is 16.5. The fraction of sp³-hybridized carbons (Fsp3) is 0.667. The van der Waals surface area contributed by atoms with E-state index < -0.39 is 0 Å². The zero-order chi connectivity index (χ0) is 16.9. The summed E-state index contributed by atoms with van der Waals surface area (Å²) in [4.78, 5) is 23.6. The quantitative estimate of drug-likeness (QED) is 0.839. The van der Waals surface area contributed by atoms with E-state index in [0.29, 0.717) is 37.9 Å². The molecule has 2 aliphatic heterocycles. The molecule has 0 saturated carbocycles. The van der Waals surface area contributed by atoms with Crippen molar-refractivity contribution in [2.75, 3.05) is 58.4 Å². The Morgan fingerprint density at radius 1 is 1.21 bits per heavy atom. The van der Waals surface area contributed by atoms with E-state index in [2.05, 4.69) is 28.9 Å². The number of hydrogen-bond acceptors (Lipinski definition) is 5. The van der Waals surface area contributed by atoms with Gasteiger partial charge in [0, 0.05) is 38.4 Å². The van der Waals surface area contributed by atoms with Gasteiger partial charge in [0.05, 0.1) is 18.8 Å². The first kappa shape index (κ1) is 17.2. The zero-order valence-corrected chi connectivity index (χ0v) is 14.8. The molecule has 132 valence electrons. The Morgan fingerprint density at radius 3 is 2.67 bits per heavy atom. The SMILES string of the molecule is CN(C)C1CCCCN(c2ccc(C(=O)N3CCOCC3)cn2)C1. The maximum absolute atomic E-state index is 12.5. The smallest absolute Gasteiger partial charge is 0.255 e. The number of ether oxygens (including phenoxy) is 1. The second kappa shape index (κ2) is 7.94. The van der Waals surface area contributed by atoms with Crippen molar-refractivity contribution < 1.29 is 9.53 Å². The fourth-order valence-corrected chi connectivity index (χ4v) is 3.40. The van der Waals surface area contributed by atoms with Crippen LogP contribution in [0.3, 0.4) is 0 Å². The maximum Gasteiger partial charge on any atom is 0.255 e. The molecule has 0 N–H and O–H groups in total. The lowest BCUT2D eigenvalue weighted by molar-refractivity contribution is 0.0302. The van der Waals surface area contributed by atoms with Gasteiger partial charge >= 0.3 is 0 Å². The Morgan fingerprint density at radius 2 is 2.00 bits per heavy atom. The number of anilines is 1. The molecule has 24 heavy (non-hydrogen) atoms. The number of pyridine rings is 1. The number of morpholine rings is 1. The minimum absolute atomic E-state index is 0.0550. The van der Waals surface area contributed by atoms with Gasteiger partial charge in [-0.25, -0.2) is 4.98 Å². The molecule has 2 fully saturated rings. The van der Waals surface area contributed by atoms with Gasteiger partial charge in [-0.3, -0.25) is 4.79 Å². The van der Waals surface area contributed by atoms with Crippen LogP contribution >= 0.6 is 0 Å². The van der Waals surface area contributed by atoms with Crippen LogP contribution in [-0.2, 0) is 4.74 Å². The van der Waals surface area contributed by atoms with E-state index in [-0.39, 0.29) is 5.91 Å². The molecule has 2 aliphatic rings. The zero-order valence-electron chi connectivity index (χ0n) is 14.8. The van der Waals surface area contributed by atoms with Crippen LogP contribution in [0.25, 0.3) is 0 Å². The third-order valence-corrected chi connectivity index (χ3v) is 4.99. The molecular weight excluding hydrogens is 304 g/mol. The molecule has 1 atom stereocenters. The van der Waals surface area contributed by atoms with Crippen LogP contribution in [0.2, 0.25) is 0 Å². The molecule has 0 aliphatic carbocycles. The molecule has 6 heteroatoms. The molecule has 0 spiro atoms. The van der Waals surface area contributed by atoms with Crippen molar-refractivity contribution in [2.45, 2.75) is 25.3 Å². The molecule has 1 aromatic heterocycles. The molecule has 0 bridgehead atoms. The first-order valence-electron chi connectivity index (χ1n) is 8.89. The van der Waals surface area contributed by atoms with Crippen LogP contribution in [0.5, 0.6) is 0 Å². The van der Waals surface area contributed by atoms with Gasteiger partial charge < -0.3 is 19.4 Å². The predicted molar refractivity (Wildman–Crippen MR) is 94.5 cm³/mol. The Kier molecular flexibility index (Phi) is 5.68. The topological polar surface area (TPSA) is 48.9 Å². The fourth-order valence-electron chi connectivity index (χ4n) is 3.40. The van der Waals surface area contributed by atoms with Gasteiger partial charge in [0.2, 0.25) is 0 Å². The average molecular weight is 332 g/mol. The molecule has 1 amide bonds. The number of aromatic nitrogens is 1. The van der Waals surface area contributed by atoms with E-state index in [1.54, 1.807) is 6.20 Å². The largest absolute Gasteiger partial charge is 0.378 e.